The van der Waals surface area contributed by atoms with Crippen molar-refractivity contribution < 1.29 is 22.7 Å². The van der Waals surface area contributed by atoms with Crippen LogP contribution in [0, 0.1) is 6.92 Å². The zero-order valence-electron chi connectivity index (χ0n) is 16.6. The first-order valence-corrected chi connectivity index (χ1v) is 10.5. The molecule has 0 radical (unpaired) electrons. The molecule has 1 amide bonds. The average Bonchev–Trinajstić information content (AvgIpc) is 2.72. The van der Waals surface area contributed by atoms with Crippen LogP contribution in [0.15, 0.2) is 41.6 Å². The van der Waals surface area contributed by atoms with E-state index in [1.165, 1.54) is 28.8 Å². The van der Waals surface area contributed by atoms with Gasteiger partial charge in [0.05, 0.1) is 16.8 Å². The maximum absolute atomic E-state index is 12.5. The molecule has 0 saturated carbocycles. The number of hydrogen-bond acceptors (Lipinski definition) is 7. The minimum Gasteiger partial charge on any atom is -0.451 e. The lowest BCUT2D eigenvalue weighted by Gasteiger charge is -2.18. The number of aryl methyl sites for hydroxylation is 1. The fourth-order valence-corrected chi connectivity index (χ4v) is 3.90. The number of nitrogens with zero attached hydrogens (tertiary/aromatic N) is 3. The summed E-state index contributed by atoms with van der Waals surface area (Å²) in [4.78, 5) is 31.7. The molecule has 2 rings (SSSR count). The van der Waals surface area contributed by atoms with Gasteiger partial charge in [0.25, 0.3) is 5.91 Å². The van der Waals surface area contributed by atoms with Crippen LogP contribution in [-0.4, -0.2) is 54.3 Å². The number of nitrogens with one attached hydrogen (secondary N) is 1. The zero-order chi connectivity index (χ0) is 21.4. The SMILES string of the molecule is CCN(CC)S(=O)(=O)c1ccc(CNC(=O)COC(=O)c2cnc(C)cn2)cc1. The zero-order valence-corrected chi connectivity index (χ0v) is 17.4. The molecule has 0 aliphatic rings. The van der Waals surface area contributed by atoms with Crippen LogP contribution < -0.4 is 5.32 Å². The van der Waals surface area contributed by atoms with Crippen LogP contribution in [0.2, 0.25) is 0 Å². The van der Waals surface area contributed by atoms with Crippen molar-refractivity contribution in [1.82, 2.24) is 19.6 Å². The molecule has 0 atom stereocenters. The Kier molecular flexibility index (Phi) is 7.80. The van der Waals surface area contributed by atoms with Gasteiger partial charge in [0.2, 0.25) is 10.0 Å². The third kappa shape index (κ3) is 6.06. The summed E-state index contributed by atoms with van der Waals surface area (Å²) in [6.45, 7) is 5.80. The van der Waals surface area contributed by atoms with Crippen molar-refractivity contribution in [1.29, 1.82) is 0 Å². The third-order valence-electron chi connectivity index (χ3n) is 4.08. The van der Waals surface area contributed by atoms with Gasteiger partial charge in [-0.05, 0) is 24.6 Å². The van der Waals surface area contributed by atoms with Crippen molar-refractivity contribution in [3.63, 3.8) is 0 Å². The molecule has 2 aromatic rings. The first-order chi connectivity index (χ1) is 13.8. The number of hydrogen-bond donors (Lipinski definition) is 1. The standard InChI is InChI=1S/C19H24N4O5S/c1-4-23(5-2)29(26,27)16-8-6-15(7-9-16)11-22-18(24)13-28-19(25)17-12-20-14(3)10-21-17/h6-10,12H,4-5,11,13H2,1-3H3,(H,22,24). The van der Waals surface area contributed by atoms with Crippen LogP contribution in [0.1, 0.15) is 35.6 Å². The van der Waals surface area contributed by atoms with E-state index in [9.17, 15) is 18.0 Å². The van der Waals surface area contributed by atoms with Crippen LogP contribution in [0.3, 0.4) is 0 Å². The molecule has 9 nitrogen and oxygen atoms in total. The molecule has 0 aliphatic heterocycles. The van der Waals surface area contributed by atoms with Crippen molar-refractivity contribution in [2.75, 3.05) is 19.7 Å². The molecule has 0 saturated heterocycles. The van der Waals surface area contributed by atoms with Gasteiger partial charge in [0.15, 0.2) is 12.3 Å². The second-order valence-corrected chi connectivity index (χ2v) is 8.07. The third-order valence-corrected chi connectivity index (χ3v) is 6.14. The summed E-state index contributed by atoms with van der Waals surface area (Å²) >= 11 is 0. The number of amides is 1. The Hall–Kier alpha value is -2.85. The van der Waals surface area contributed by atoms with Gasteiger partial charge in [-0.2, -0.15) is 4.31 Å². The van der Waals surface area contributed by atoms with E-state index < -0.39 is 28.5 Å². The molecule has 10 heteroatoms. The largest absolute Gasteiger partial charge is 0.451 e. The van der Waals surface area contributed by atoms with E-state index in [2.05, 4.69) is 15.3 Å². The van der Waals surface area contributed by atoms with E-state index >= 15 is 0 Å². The van der Waals surface area contributed by atoms with Crippen molar-refractivity contribution >= 4 is 21.9 Å². The molecule has 1 N–H and O–H groups in total. The van der Waals surface area contributed by atoms with Gasteiger partial charge < -0.3 is 10.1 Å². The molecule has 156 valence electrons. The fraction of sp³-hybridized carbons (Fsp3) is 0.368. The van der Waals surface area contributed by atoms with Crippen LogP contribution in [-0.2, 0) is 26.1 Å². The highest BCUT2D eigenvalue weighted by Crippen LogP contribution is 2.16. The minimum absolute atomic E-state index is 0.0217. The van der Waals surface area contributed by atoms with E-state index in [1.807, 2.05) is 0 Å². The summed E-state index contributed by atoms with van der Waals surface area (Å²) in [5, 5.41) is 2.61. The Balaban J connectivity index is 1.86. The fourth-order valence-electron chi connectivity index (χ4n) is 2.45. The molecular weight excluding hydrogens is 396 g/mol. The number of carbonyl (C=O) groups is 2. The highest BCUT2D eigenvalue weighted by Gasteiger charge is 2.21. The Morgan fingerprint density at radius 3 is 2.28 bits per heavy atom. The number of esters is 1. The minimum atomic E-state index is -3.52. The van der Waals surface area contributed by atoms with Crippen molar-refractivity contribution in [3.8, 4) is 0 Å². The lowest BCUT2D eigenvalue weighted by atomic mass is 10.2. The quantitative estimate of drug-likeness (QED) is 0.607. The first kappa shape index (κ1) is 22.4. The van der Waals surface area contributed by atoms with E-state index in [0.717, 1.165) is 0 Å². The van der Waals surface area contributed by atoms with Gasteiger partial charge in [-0.25, -0.2) is 18.2 Å². The first-order valence-electron chi connectivity index (χ1n) is 9.09. The number of ether oxygens (including phenoxy) is 1. The van der Waals surface area contributed by atoms with Gasteiger partial charge >= 0.3 is 5.97 Å². The monoisotopic (exact) mass is 420 g/mol. The van der Waals surface area contributed by atoms with E-state index in [0.29, 0.717) is 24.3 Å². The molecule has 0 unspecified atom stereocenters. The van der Waals surface area contributed by atoms with Gasteiger partial charge in [0, 0.05) is 25.8 Å². The maximum Gasteiger partial charge on any atom is 0.359 e. The molecule has 0 aliphatic carbocycles. The van der Waals surface area contributed by atoms with Gasteiger partial charge in [-0.1, -0.05) is 26.0 Å². The lowest BCUT2D eigenvalue weighted by Crippen LogP contribution is -2.30. The summed E-state index contributed by atoms with van der Waals surface area (Å²) < 4.78 is 31.2. The number of aromatic nitrogens is 2. The molecule has 1 aromatic heterocycles. The Morgan fingerprint density at radius 2 is 1.72 bits per heavy atom. The van der Waals surface area contributed by atoms with E-state index in [-0.39, 0.29) is 17.1 Å². The van der Waals surface area contributed by atoms with Crippen molar-refractivity contribution in [2.24, 2.45) is 0 Å². The Bertz CT molecular complexity index is 940. The molecule has 29 heavy (non-hydrogen) atoms. The molecule has 0 fully saturated rings. The second kappa shape index (κ2) is 10.1. The van der Waals surface area contributed by atoms with Crippen LogP contribution in [0.4, 0.5) is 0 Å². The predicted octanol–water partition coefficient (Wildman–Crippen LogP) is 1.29. The van der Waals surface area contributed by atoms with Crippen LogP contribution in [0.5, 0.6) is 0 Å². The topological polar surface area (TPSA) is 119 Å². The summed E-state index contributed by atoms with van der Waals surface area (Å²) in [5.41, 5.74) is 1.40. The number of benzene rings is 1. The molecule has 1 heterocycles. The Morgan fingerprint density at radius 1 is 1.07 bits per heavy atom. The summed E-state index contributed by atoms with van der Waals surface area (Å²) in [6.07, 6.45) is 2.71. The second-order valence-electron chi connectivity index (χ2n) is 6.13. The van der Waals surface area contributed by atoms with Crippen LogP contribution >= 0.6 is 0 Å². The predicted molar refractivity (Wildman–Crippen MR) is 105 cm³/mol. The molecule has 0 spiro atoms. The lowest BCUT2D eigenvalue weighted by molar-refractivity contribution is -0.124. The van der Waals surface area contributed by atoms with Crippen LogP contribution in [0.25, 0.3) is 0 Å². The highest BCUT2D eigenvalue weighted by atomic mass is 32.2. The van der Waals surface area contributed by atoms with Gasteiger partial charge in [0.1, 0.15) is 0 Å². The highest BCUT2D eigenvalue weighted by molar-refractivity contribution is 7.89. The van der Waals surface area contributed by atoms with Crippen molar-refractivity contribution in [2.45, 2.75) is 32.2 Å². The number of rotatable bonds is 9. The van der Waals surface area contributed by atoms with E-state index in [4.69, 9.17) is 4.74 Å². The van der Waals surface area contributed by atoms with E-state index in [1.54, 1.807) is 32.9 Å². The van der Waals surface area contributed by atoms with Gasteiger partial charge in [-0.3, -0.25) is 9.78 Å². The number of sulfonamides is 1. The smallest absolute Gasteiger partial charge is 0.359 e. The average molecular weight is 420 g/mol. The Labute approximate surface area is 170 Å². The summed E-state index contributed by atoms with van der Waals surface area (Å²) in [7, 11) is -3.52. The number of carbonyl (C=O) groups excluding carboxylic acids is 2. The summed E-state index contributed by atoms with van der Waals surface area (Å²) in [5.74, 6) is -1.23. The van der Waals surface area contributed by atoms with Crippen molar-refractivity contribution in [3.05, 3.63) is 53.6 Å². The molecule has 0 bridgehead atoms. The maximum atomic E-state index is 12.5. The van der Waals surface area contributed by atoms with Gasteiger partial charge in [-0.15, -0.1) is 0 Å². The molecular formula is C19H24N4O5S. The summed E-state index contributed by atoms with van der Waals surface area (Å²) in [6, 6.07) is 6.27. The molecule has 1 aromatic carbocycles. The normalized spacial score (nSPS) is 11.3.